The Balaban J connectivity index is 3.27. The van der Waals surface area contributed by atoms with Gasteiger partial charge in [-0.2, -0.15) is 0 Å². The Labute approximate surface area is 389 Å². The summed E-state index contributed by atoms with van der Waals surface area (Å²) in [6, 6.07) is 0. The van der Waals surface area contributed by atoms with Gasteiger partial charge in [0.15, 0.2) is 6.10 Å². The van der Waals surface area contributed by atoms with E-state index in [2.05, 4.69) is 13.8 Å². The summed E-state index contributed by atoms with van der Waals surface area (Å²) >= 11 is 0. The molecular weight excluding hydrogens is 765 g/mol. The average Bonchev–Trinajstić information content (AvgIpc) is 3.28. The van der Waals surface area contributed by atoms with Crippen LogP contribution in [0.1, 0.15) is 335 Å². The zero-order valence-corrected chi connectivity index (χ0v) is 42.4. The fraction of sp³-hybridized carbons (Fsp3) is 0.965. The highest BCUT2D eigenvalue weighted by molar-refractivity contribution is 5.70. The number of aliphatic hydroxyl groups excluding tert-OH is 1. The van der Waals surface area contributed by atoms with Crippen LogP contribution < -0.4 is 0 Å². The first-order valence-electron chi connectivity index (χ1n) is 28.6. The molecule has 0 aromatic rings. The molecule has 0 aliphatic rings. The van der Waals surface area contributed by atoms with E-state index in [0.29, 0.717) is 12.8 Å². The molecule has 0 aliphatic heterocycles. The zero-order chi connectivity index (χ0) is 44.9. The first-order chi connectivity index (χ1) is 30.6. The molecule has 5 nitrogen and oxygen atoms in total. The maximum atomic E-state index is 12.2. The molecule has 0 saturated heterocycles. The quantitative estimate of drug-likeness (QED) is 0.0487. The van der Waals surface area contributed by atoms with Crippen molar-refractivity contribution in [2.45, 2.75) is 341 Å². The van der Waals surface area contributed by atoms with Crippen LogP contribution in [0.2, 0.25) is 0 Å². The van der Waals surface area contributed by atoms with E-state index in [4.69, 9.17) is 9.47 Å². The fourth-order valence-corrected chi connectivity index (χ4v) is 9.09. The lowest BCUT2D eigenvalue weighted by atomic mass is 10.0. The van der Waals surface area contributed by atoms with E-state index >= 15 is 0 Å². The fourth-order valence-electron chi connectivity index (χ4n) is 9.09. The minimum absolute atomic E-state index is 0.0577. The van der Waals surface area contributed by atoms with Gasteiger partial charge in [0, 0.05) is 12.8 Å². The lowest BCUT2D eigenvalue weighted by Gasteiger charge is -2.15. The Kier molecular flexibility index (Phi) is 53.3. The molecule has 0 amide bonds. The maximum Gasteiger partial charge on any atom is 0.306 e. The molecule has 1 N–H and O–H groups in total. The molecule has 1 atom stereocenters. The van der Waals surface area contributed by atoms with Crippen LogP contribution in [0.25, 0.3) is 0 Å². The predicted octanol–water partition coefficient (Wildman–Crippen LogP) is 19.0. The van der Waals surface area contributed by atoms with Gasteiger partial charge in [-0.1, -0.05) is 309 Å². The van der Waals surface area contributed by atoms with Crippen molar-refractivity contribution in [3.63, 3.8) is 0 Å². The second kappa shape index (κ2) is 54.2. The lowest BCUT2D eigenvalue weighted by Crippen LogP contribution is -2.28. The minimum Gasteiger partial charge on any atom is -0.462 e. The third-order valence-corrected chi connectivity index (χ3v) is 13.4. The summed E-state index contributed by atoms with van der Waals surface area (Å²) in [5.41, 5.74) is 0. The van der Waals surface area contributed by atoms with Crippen molar-refractivity contribution < 1.29 is 24.2 Å². The Hall–Kier alpha value is -1.10. The Morgan fingerprint density at radius 1 is 0.306 bits per heavy atom. The lowest BCUT2D eigenvalue weighted by molar-refractivity contribution is -0.161. The van der Waals surface area contributed by atoms with Gasteiger partial charge in [-0.15, -0.1) is 0 Å². The Morgan fingerprint density at radius 2 is 0.500 bits per heavy atom. The molecule has 1 unspecified atom stereocenters. The van der Waals surface area contributed by atoms with Crippen molar-refractivity contribution in [2.24, 2.45) is 0 Å². The molecule has 62 heavy (non-hydrogen) atoms. The van der Waals surface area contributed by atoms with Gasteiger partial charge in [0.25, 0.3) is 0 Å². The SMILES string of the molecule is CCCCCCCCCCCCCCCCCCCCCCCCCCCCCCCCCCCCCCCCCCC(=O)OC(CO)COC(=O)CCCCCCCCCC. The summed E-state index contributed by atoms with van der Waals surface area (Å²) in [4.78, 5) is 24.2. The van der Waals surface area contributed by atoms with Crippen LogP contribution in [0, 0.1) is 0 Å². The van der Waals surface area contributed by atoms with Crippen molar-refractivity contribution in [1.82, 2.24) is 0 Å². The van der Waals surface area contributed by atoms with E-state index < -0.39 is 6.10 Å². The molecule has 370 valence electrons. The number of carbonyl (C=O) groups excluding carboxylic acids is 2. The van der Waals surface area contributed by atoms with E-state index in [1.165, 1.54) is 270 Å². The monoisotopic (exact) mass is 877 g/mol. The molecular formula is C57H112O5. The van der Waals surface area contributed by atoms with Gasteiger partial charge >= 0.3 is 11.9 Å². The number of aliphatic hydroxyl groups is 1. The second-order valence-corrected chi connectivity index (χ2v) is 19.7. The van der Waals surface area contributed by atoms with E-state index in [0.717, 1.165) is 38.5 Å². The van der Waals surface area contributed by atoms with Crippen LogP contribution in [0.15, 0.2) is 0 Å². The van der Waals surface area contributed by atoms with E-state index in [9.17, 15) is 14.7 Å². The zero-order valence-electron chi connectivity index (χ0n) is 42.4. The van der Waals surface area contributed by atoms with E-state index in [-0.39, 0.29) is 25.2 Å². The van der Waals surface area contributed by atoms with E-state index in [1.807, 2.05) is 0 Å². The summed E-state index contributed by atoms with van der Waals surface area (Å²) in [6.45, 7) is 4.15. The highest BCUT2D eigenvalue weighted by Crippen LogP contribution is 2.18. The standard InChI is InChI=1S/C57H112O5/c1-3-5-7-9-11-13-14-15-16-17-18-19-20-21-22-23-24-25-26-27-28-29-30-31-32-33-34-35-36-37-38-39-40-41-42-43-44-46-48-50-52-57(60)62-55(53-58)54-61-56(59)51-49-47-45-12-10-8-6-4-2/h55,58H,3-54H2,1-2H3. The summed E-state index contributed by atoms with van der Waals surface area (Å²) in [5, 5.41) is 9.56. The third-order valence-electron chi connectivity index (χ3n) is 13.4. The van der Waals surface area contributed by atoms with Gasteiger partial charge in [0.2, 0.25) is 0 Å². The van der Waals surface area contributed by atoms with Crippen molar-refractivity contribution in [2.75, 3.05) is 13.2 Å². The van der Waals surface area contributed by atoms with Gasteiger partial charge in [0.1, 0.15) is 6.61 Å². The molecule has 0 aliphatic carbocycles. The highest BCUT2D eigenvalue weighted by Gasteiger charge is 2.16. The average molecular weight is 878 g/mol. The van der Waals surface area contributed by atoms with Gasteiger partial charge in [-0.25, -0.2) is 0 Å². The Morgan fingerprint density at radius 3 is 0.710 bits per heavy atom. The van der Waals surface area contributed by atoms with Crippen LogP contribution in [-0.4, -0.2) is 36.4 Å². The number of rotatable bonds is 54. The topological polar surface area (TPSA) is 72.8 Å². The molecule has 0 fully saturated rings. The van der Waals surface area contributed by atoms with Crippen molar-refractivity contribution in [3.05, 3.63) is 0 Å². The molecule has 0 aromatic heterocycles. The smallest absolute Gasteiger partial charge is 0.306 e. The first-order valence-corrected chi connectivity index (χ1v) is 28.6. The molecule has 0 heterocycles. The second-order valence-electron chi connectivity index (χ2n) is 19.7. The summed E-state index contributed by atoms with van der Waals surface area (Å²) in [6.07, 6.45) is 65.7. The van der Waals surface area contributed by atoms with Crippen molar-refractivity contribution in [1.29, 1.82) is 0 Å². The number of hydrogen-bond donors (Lipinski definition) is 1. The number of esters is 2. The van der Waals surface area contributed by atoms with Crippen LogP contribution in [-0.2, 0) is 19.1 Å². The molecule has 0 radical (unpaired) electrons. The normalized spacial score (nSPS) is 12.0. The highest BCUT2D eigenvalue weighted by atomic mass is 16.6. The van der Waals surface area contributed by atoms with E-state index in [1.54, 1.807) is 0 Å². The van der Waals surface area contributed by atoms with Crippen molar-refractivity contribution in [3.8, 4) is 0 Å². The van der Waals surface area contributed by atoms with Crippen molar-refractivity contribution >= 4 is 11.9 Å². The van der Waals surface area contributed by atoms with Gasteiger partial charge in [-0.3, -0.25) is 9.59 Å². The first kappa shape index (κ1) is 60.9. The largest absolute Gasteiger partial charge is 0.462 e. The minimum atomic E-state index is -0.761. The Bertz CT molecular complexity index is 860. The third kappa shape index (κ3) is 51.5. The van der Waals surface area contributed by atoms with Gasteiger partial charge < -0.3 is 14.6 Å². The molecule has 0 spiro atoms. The number of unbranched alkanes of at least 4 members (excludes halogenated alkanes) is 46. The molecule has 0 aromatic carbocycles. The summed E-state index contributed by atoms with van der Waals surface area (Å²) in [7, 11) is 0. The van der Waals surface area contributed by atoms with Gasteiger partial charge in [0.05, 0.1) is 6.61 Å². The maximum absolute atomic E-state index is 12.2. The predicted molar refractivity (Wildman–Crippen MR) is 270 cm³/mol. The molecule has 0 saturated carbocycles. The molecule has 0 rings (SSSR count). The number of hydrogen-bond acceptors (Lipinski definition) is 5. The van der Waals surface area contributed by atoms with Gasteiger partial charge in [-0.05, 0) is 12.8 Å². The van der Waals surface area contributed by atoms with Crippen LogP contribution in [0.3, 0.4) is 0 Å². The number of ether oxygens (including phenoxy) is 2. The molecule has 0 bridgehead atoms. The summed E-state index contributed by atoms with van der Waals surface area (Å²) in [5.74, 6) is -0.576. The van der Waals surface area contributed by atoms with Crippen LogP contribution in [0.5, 0.6) is 0 Å². The molecule has 5 heteroatoms. The number of carbonyl (C=O) groups is 2. The summed E-state index contributed by atoms with van der Waals surface area (Å²) < 4.78 is 10.6. The van der Waals surface area contributed by atoms with Crippen LogP contribution in [0.4, 0.5) is 0 Å². The van der Waals surface area contributed by atoms with Crippen LogP contribution >= 0.6 is 0 Å².